The molecule has 104 valence electrons. The van der Waals surface area contributed by atoms with Crippen LogP contribution >= 0.6 is 35.3 Å². The van der Waals surface area contributed by atoms with Crippen LogP contribution in [-0.4, -0.2) is 18.2 Å². The molecule has 0 bridgehead atoms. The van der Waals surface area contributed by atoms with Crippen LogP contribution in [0.15, 0.2) is 34.0 Å². The van der Waals surface area contributed by atoms with Crippen molar-refractivity contribution in [1.82, 2.24) is 15.8 Å². The van der Waals surface area contributed by atoms with Gasteiger partial charge in [0.05, 0.1) is 13.1 Å². The fourth-order valence-electron chi connectivity index (χ4n) is 1.47. The smallest absolute Gasteiger partial charge is 0.191 e. The summed E-state index contributed by atoms with van der Waals surface area (Å²) in [5.74, 6) is 0.754. The third-order valence-electron chi connectivity index (χ3n) is 2.38. The third-order valence-corrected chi connectivity index (χ3v) is 3.38. The molecule has 0 amide bonds. The molecule has 2 heterocycles. The number of aromatic nitrogens is 1. The van der Waals surface area contributed by atoms with E-state index in [9.17, 15) is 0 Å². The molecule has 0 radical (unpaired) electrons. The van der Waals surface area contributed by atoms with Gasteiger partial charge in [0.2, 0.25) is 0 Å². The zero-order valence-electron chi connectivity index (χ0n) is 10.8. The summed E-state index contributed by atoms with van der Waals surface area (Å²) in [5, 5.41) is 10.2. The van der Waals surface area contributed by atoms with Gasteiger partial charge in [0.15, 0.2) is 5.96 Å². The second-order valence-electron chi connectivity index (χ2n) is 3.78. The number of hydrogen-bond donors (Lipinski definition) is 2. The van der Waals surface area contributed by atoms with Crippen LogP contribution in [0.5, 0.6) is 0 Å². The Morgan fingerprint density at radius 2 is 2.11 bits per heavy atom. The summed E-state index contributed by atoms with van der Waals surface area (Å²) < 4.78 is 4.76. The van der Waals surface area contributed by atoms with E-state index in [1.54, 1.807) is 24.6 Å². The summed E-state index contributed by atoms with van der Waals surface area (Å²) in [6.07, 6.45) is 1.56. The first-order valence-electron chi connectivity index (χ1n) is 5.67. The van der Waals surface area contributed by atoms with Crippen LogP contribution in [0.25, 0.3) is 0 Å². The SMILES string of the molecule is CN=C(NCc1ccon1)NCc1ccc(C)s1.I. The lowest BCUT2D eigenvalue weighted by Crippen LogP contribution is -2.36. The maximum absolute atomic E-state index is 4.76. The Balaban J connectivity index is 0.00000180. The lowest BCUT2D eigenvalue weighted by atomic mass is 10.4. The minimum atomic E-state index is 0. The van der Waals surface area contributed by atoms with E-state index in [1.807, 2.05) is 6.07 Å². The molecule has 0 aliphatic carbocycles. The molecule has 0 atom stereocenters. The first kappa shape index (κ1) is 16.0. The Labute approximate surface area is 133 Å². The van der Waals surface area contributed by atoms with Crippen molar-refractivity contribution in [3.63, 3.8) is 0 Å². The van der Waals surface area contributed by atoms with Gasteiger partial charge in [-0.15, -0.1) is 35.3 Å². The Hall–Kier alpha value is -1.09. The maximum Gasteiger partial charge on any atom is 0.191 e. The zero-order valence-corrected chi connectivity index (χ0v) is 14.0. The Morgan fingerprint density at radius 3 is 2.68 bits per heavy atom. The number of nitrogens with one attached hydrogen (secondary N) is 2. The molecule has 0 saturated heterocycles. The number of rotatable bonds is 4. The van der Waals surface area contributed by atoms with E-state index < -0.39 is 0 Å². The Morgan fingerprint density at radius 1 is 1.32 bits per heavy atom. The van der Waals surface area contributed by atoms with Crippen molar-refractivity contribution in [2.45, 2.75) is 20.0 Å². The Bertz CT molecular complexity index is 510. The highest BCUT2D eigenvalue weighted by molar-refractivity contribution is 14.0. The van der Waals surface area contributed by atoms with E-state index >= 15 is 0 Å². The van der Waals surface area contributed by atoms with Crippen LogP contribution in [0.3, 0.4) is 0 Å². The van der Waals surface area contributed by atoms with Gasteiger partial charge in [-0.2, -0.15) is 0 Å². The van der Waals surface area contributed by atoms with Crippen molar-refractivity contribution in [3.05, 3.63) is 39.9 Å². The van der Waals surface area contributed by atoms with Crippen molar-refractivity contribution < 1.29 is 4.52 Å². The minimum Gasteiger partial charge on any atom is -0.364 e. The molecule has 0 fully saturated rings. The number of nitrogens with zero attached hydrogens (tertiary/aromatic N) is 2. The van der Waals surface area contributed by atoms with Crippen LogP contribution in [-0.2, 0) is 13.1 Å². The monoisotopic (exact) mass is 392 g/mol. The average Bonchev–Trinajstić information content (AvgIpc) is 3.01. The predicted octanol–water partition coefficient (Wildman–Crippen LogP) is 2.53. The lowest BCUT2D eigenvalue weighted by molar-refractivity contribution is 0.410. The van der Waals surface area contributed by atoms with Gasteiger partial charge in [0, 0.05) is 22.9 Å². The molecular weight excluding hydrogens is 375 g/mol. The molecule has 0 saturated carbocycles. The number of aryl methyl sites for hydroxylation is 1. The molecule has 0 aliphatic heterocycles. The minimum absolute atomic E-state index is 0. The van der Waals surface area contributed by atoms with Gasteiger partial charge in [-0.05, 0) is 19.1 Å². The summed E-state index contributed by atoms with van der Waals surface area (Å²) in [5.41, 5.74) is 0.852. The molecule has 2 N–H and O–H groups in total. The highest BCUT2D eigenvalue weighted by Gasteiger charge is 2.01. The largest absolute Gasteiger partial charge is 0.364 e. The van der Waals surface area contributed by atoms with Gasteiger partial charge in [-0.25, -0.2) is 0 Å². The average molecular weight is 392 g/mol. The zero-order chi connectivity index (χ0) is 12.8. The predicted molar refractivity (Wildman–Crippen MR) is 88.0 cm³/mol. The normalized spacial score (nSPS) is 10.9. The molecule has 19 heavy (non-hydrogen) atoms. The number of halogens is 1. The van der Waals surface area contributed by atoms with Crippen LogP contribution in [0.2, 0.25) is 0 Å². The van der Waals surface area contributed by atoms with Crippen LogP contribution in [0.1, 0.15) is 15.4 Å². The standard InChI is InChI=1S/C12H16N4OS.HI/c1-9-3-4-11(18-9)8-15-12(13-2)14-7-10-5-6-17-16-10;/h3-6H,7-8H2,1-2H3,(H2,13,14,15);1H. The van der Waals surface area contributed by atoms with E-state index in [2.05, 4.69) is 39.8 Å². The number of thiophene rings is 1. The van der Waals surface area contributed by atoms with E-state index in [1.165, 1.54) is 9.75 Å². The van der Waals surface area contributed by atoms with E-state index in [0.29, 0.717) is 6.54 Å². The molecule has 5 nitrogen and oxygen atoms in total. The maximum atomic E-state index is 4.76. The van der Waals surface area contributed by atoms with E-state index in [4.69, 9.17) is 4.52 Å². The van der Waals surface area contributed by atoms with Crippen molar-refractivity contribution in [1.29, 1.82) is 0 Å². The van der Waals surface area contributed by atoms with Gasteiger partial charge < -0.3 is 15.2 Å². The second-order valence-corrected chi connectivity index (χ2v) is 5.15. The quantitative estimate of drug-likeness (QED) is 0.477. The lowest BCUT2D eigenvalue weighted by Gasteiger charge is -2.09. The highest BCUT2D eigenvalue weighted by Crippen LogP contribution is 2.14. The van der Waals surface area contributed by atoms with Crippen molar-refractivity contribution in [2.75, 3.05) is 7.05 Å². The van der Waals surface area contributed by atoms with Crippen molar-refractivity contribution in [2.24, 2.45) is 4.99 Å². The van der Waals surface area contributed by atoms with Gasteiger partial charge in [0.1, 0.15) is 12.0 Å². The summed E-state index contributed by atoms with van der Waals surface area (Å²) >= 11 is 1.78. The fourth-order valence-corrected chi connectivity index (χ4v) is 2.30. The van der Waals surface area contributed by atoms with E-state index in [0.717, 1.165) is 18.2 Å². The Kier molecular flexibility index (Phi) is 6.85. The van der Waals surface area contributed by atoms with Gasteiger partial charge in [-0.1, -0.05) is 5.16 Å². The molecule has 0 unspecified atom stereocenters. The van der Waals surface area contributed by atoms with Crippen molar-refractivity contribution in [3.8, 4) is 0 Å². The molecule has 7 heteroatoms. The second kappa shape index (κ2) is 8.16. The van der Waals surface area contributed by atoms with Crippen LogP contribution in [0, 0.1) is 6.92 Å². The van der Waals surface area contributed by atoms with Crippen LogP contribution < -0.4 is 10.6 Å². The van der Waals surface area contributed by atoms with Crippen molar-refractivity contribution >= 4 is 41.3 Å². The highest BCUT2D eigenvalue weighted by atomic mass is 127. The number of guanidine groups is 1. The van der Waals surface area contributed by atoms with Gasteiger partial charge in [0.25, 0.3) is 0 Å². The third kappa shape index (κ3) is 5.19. The van der Waals surface area contributed by atoms with Crippen LogP contribution in [0.4, 0.5) is 0 Å². The van der Waals surface area contributed by atoms with E-state index in [-0.39, 0.29) is 24.0 Å². The summed E-state index contributed by atoms with van der Waals surface area (Å²) in [4.78, 5) is 6.76. The summed E-state index contributed by atoms with van der Waals surface area (Å²) in [6, 6.07) is 6.06. The molecular formula is C12H17IN4OS. The van der Waals surface area contributed by atoms with Gasteiger partial charge >= 0.3 is 0 Å². The molecule has 2 aromatic rings. The summed E-state index contributed by atoms with van der Waals surface area (Å²) in [7, 11) is 1.75. The molecule has 0 aromatic carbocycles. The molecule has 2 rings (SSSR count). The van der Waals surface area contributed by atoms with Gasteiger partial charge in [-0.3, -0.25) is 4.99 Å². The number of hydrogen-bond acceptors (Lipinski definition) is 4. The topological polar surface area (TPSA) is 62.5 Å². The fraction of sp³-hybridized carbons (Fsp3) is 0.333. The number of aliphatic imine (C=N–C) groups is 1. The molecule has 2 aromatic heterocycles. The summed E-state index contributed by atoms with van der Waals surface area (Å²) in [6.45, 7) is 3.47. The first-order chi connectivity index (χ1) is 8.78. The first-order valence-corrected chi connectivity index (χ1v) is 6.48. The molecule has 0 aliphatic rings. The molecule has 0 spiro atoms.